The largest absolute Gasteiger partial charge is 0.505 e. The molecule has 0 amide bonds. The molecule has 158 valence electrons. The molecule has 0 atom stereocenters. The van der Waals surface area contributed by atoms with E-state index >= 15 is 0 Å². The van der Waals surface area contributed by atoms with Crippen LogP contribution in [0.1, 0.15) is 31.9 Å². The summed E-state index contributed by atoms with van der Waals surface area (Å²) in [6.45, 7) is 5.77. The van der Waals surface area contributed by atoms with Crippen LogP contribution >= 0.6 is 11.6 Å². The van der Waals surface area contributed by atoms with E-state index in [9.17, 15) is 18.6 Å². The molecule has 0 saturated carbocycles. The van der Waals surface area contributed by atoms with E-state index in [-0.39, 0.29) is 39.6 Å². The quantitative estimate of drug-likeness (QED) is 0.527. The van der Waals surface area contributed by atoms with Crippen LogP contribution in [0.25, 0.3) is 11.3 Å². The number of aromatic hydroxyl groups is 1. The number of hydrogen-bond acceptors (Lipinski definition) is 5. The molecule has 0 aliphatic carbocycles. The molecule has 30 heavy (non-hydrogen) atoms. The first kappa shape index (κ1) is 22.1. The number of nitrogens with zero attached hydrogens (tertiary/aromatic N) is 1. The van der Waals surface area contributed by atoms with Gasteiger partial charge in [-0.25, -0.2) is 8.42 Å². The van der Waals surface area contributed by atoms with E-state index in [2.05, 4.69) is 30.5 Å². The molecule has 0 fully saturated rings. The molecule has 0 radical (unpaired) electrons. The highest BCUT2D eigenvalue weighted by Crippen LogP contribution is 2.37. The third-order valence-electron chi connectivity index (χ3n) is 4.69. The van der Waals surface area contributed by atoms with E-state index in [1.807, 2.05) is 0 Å². The number of aromatic nitrogens is 1. The lowest BCUT2D eigenvalue weighted by Gasteiger charge is -2.19. The van der Waals surface area contributed by atoms with Gasteiger partial charge < -0.3 is 10.2 Å². The van der Waals surface area contributed by atoms with E-state index in [0.29, 0.717) is 10.6 Å². The van der Waals surface area contributed by atoms with Crippen molar-refractivity contribution in [3.8, 4) is 17.0 Å². The number of benzene rings is 2. The summed E-state index contributed by atoms with van der Waals surface area (Å²) in [6.07, 6.45) is 1.42. The fourth-order valence-corrected chi connectivity index (χ4v) is 4.21. The van der Waals surface area contributed by atoms with Gasteiger partial charge in [-0.15, -0.1) is 0 Å². The van der Waals surface area contributed by atoms with E-state index in [1.165, 1.54) is 24.4 Å². The summed E-state index contributed by atoms with van der Waals surface area (Å²) in [5, 5.41) is 20.2. The SMILES string of the molecule is CC(C)(C)c1ccc(S(=O)(=O)Nc2ccc(Cl)cc2-c2nccc(CO)c2O)cc1. The highest BCUT2D eigenvalue weighted by Gasteiger charge is 2.21. The predicted molar refractivity (Wildman–Crippen MR) is 118 cm³/mol. The minimum absolute atomic E-state index is 0.0972. The molecule has 6 nitrogen and oxygen atoms in total. The smallest absolute Gasteiger partial charge is 0.261 e. The van der Waals surface area contributed by atoms with Gasteiger partial charge in [0.2, 0.25) is 0 Å². The first-order valence-corrected chi connectivity index (χ1v) is 11.1. The number of anilines is 1. The van der Waals surface area contributed by atoms with Crippen LogP contribution in [-0.2, 0) is 22.0 Å². The van der Waals surface area contributed by atoms with Crippen molar-refractivity contribution < 1.29 is 18.6 Å². The van der Waals surface area contributed by atoms with Crippen LogP contribution in [-0.4, -0.2) is 23.6 Å². The summed E-state index contributed by atoms with van der Waals surface area (Å²) in [6, 6.07) is 12.7. The van der Waals surface area contributed by atoms with Gasteiger partial charge in [-0.05, 0) is 47.4 Å². The Morgan fingerprint density at radius 1 is 1.07 bits per heavy atom. The monoisotopic (exact) mass is 446 g/mol. The summed E-state index contributed by atoms with van der Waals surface area (Å²) in [5.74, 6) is -0.239. The zero-order valence-corrected chi connectivity index (χ0v) is 18.4. The zero-order chi connectivity index (χ0) is 22.1. The number of nitrogens with one attached hydrogen (secondary N) is 1. The van der Waals surface area contributed by atoms with Gasteiger partial charge in [0.15, 0.2) is 0 Å². The normalized spacial score (nSPS) is 12.0. The van der Waals surface area contributed by atoms with Gasteiger partial charge in [-0.3, -0.25) is 9.71 Å². The molecule has 0 aliphatic rings. The first-order chi connectivity index (χ1) is 14.0. The molecule has 1 aromatic heterocycles. The van der Waals surface area contributed by atoms with Gasteiger partial charge in [-0.1, -0.05) is 44.5 Å². The van der Waals surface area contributed by atoms with Crippen LogP contribution < -0.4 is 4.72 Å². The van der Waals surface area contributed by atoms with E-state index in [4.69, 9.17) is 11.6 Å². The standard InChI is InChI=1S/C22H23ClN2O4S/c1-22(2,3)15-4-7-17(8-5-15)30(28,29)25-19-9-6-16(23)12-18(19)20-21(27)14(13-26)10-11-24-20/h4-12,25-27H,13H2,1-3H3. The maximum atomic E-state index is 13.0. The second kappa shape index (κ2) is 8.26. The summed E-state index contributed by atoms with van der Waals surface area (Å²) in [5.41, 5.74) is 1.81. The molecule has 0 bridgehead atoms. The van der Waals surface area contributed by atoms with Crippen LogP contribution in [0.2, 0.25) is 5.02 Å². The lowest BCUT2D eigenvalue weighted by atomic mass is 9.87. The molecule has 0 unspecified atom stereocenters. The van der Waals surface area contributed by atoms with Crippen molar-refractivity contribution in [2.24, 2.45) is 0 Å². The Bertz CT molecular complexity index is 1170. The summed E-state index contributed by atoms with van der Waals surface area (Å²) in [7, 11) is -3.90. The first-order valence-electron chi connectivity index (χ1n) is 9.24. The molecule has 8 heteroatoms. The Hall–Kier alpha value is -2.61. The molecule has 1 heterocycles. The van der Waals surface area contributed by atoms with Crippen molar-refractivity contribution in [2.75, 3.05) is 4.72 Å². The van der Waals surface area contributed by atoms with Gasteiger partial charge in [0, 0.05) is 22.3 Å². The van der Waals surface area contributed by atoms with Crippen molar-refractivity contribution in [1.29, 1.82) is 0 Å². The predicted octanol–water partition coefficient (Wildman–Crippen LogP) is 4.70. The lowest BCUT2D eigenvalue weighted by Crippen LogP contribution is -2.15. The number of aliphatic hydroxyl groups excluding tert-OH is 1. The second-order valence-corrected chi connectivity index (χ2v) is 10.0. The van der Waals surface area contributed by atoms with Crippen LogP contribution in [0.4, 0.5) is 5.69 Å². The average Bonchev–Trinajstić information content (AvgIpc) is 2.69. The van der Waals surface area contributed by atoms with Gasteiger partial charge in [-0.2, -0.15) is 0 Å². The third kappa shape index (κ3) is 4.59. The van der Waals surface area contributed by atoms with E-state index < -0.39 is 10.0 Å². The Kier molecular flexibility index (Phi) is 6.08. The molecule has 3 aromatic rings. The number of halogens is 1. The minimum Gasteiger partial charge on any atom is -0.505 e. The molecular weight excluding hydrogens is 424 g/mol. The number of sulfonamides is 1. The molecule has 0 saturated heterocycles. The molecule has 3 rings (SSSR count). The number of hydrogen-bond donors (Lipinski definition) is 3. The van der Waals surface area contributed by atoms with Gasteiger partial charge in [0.05, 0.1) is 17.2 Å². The number of aliphatic hydroxyl groups is 1. The fraction of sp³-hybridized carbons (Fsp3) is 0.227. The van der Waals surface area contributed by atoms with Crippen LogP contribution in [0, 0.1) is 0 Å². The zero-order valence-electron chi connectivity index (χ0n) is 16.8. The van der Waals surface area contributed by atoms with Gasteiger partial charge in [0.25, 0.3) is 10.0 Å². The second-order valence-electron chi connectivity index (χ2n) is 7.90. The fourth-order valence-electron chi connectivity index (χ4n) is 2.96. The summed E-state index contributed by atoms with van der Waals surface area (Å²) < 4.78 is 28.5. The highest BCUT2D eigenvalue weighted by atomic mass is 35.5. The minimum atomic E-state index is -3.90. The Balaban J connectivity index is 2.03. The van der Waals surface area contributed by atoms with Crippen LogP contribution in [0.15, 0.2) is 59.6 Å². The van der Waals surface area contributed by atoms with Gasteiger partial charge >= 0.3 is 0 Å². The topological polar surface area (TPSA) is 99.5 Å². The Morgan fingerprint density at radius 2 is 1.73 bits per heavy atom. The van der Waals surface area contributed by atoms with Crippen molar-refractivity contribution in [2.45, 2.75) is 37.7 Å². The van der Waals surface area contributed by atoms with E-state index in [0.717, 1.165) is 5.56 Å². The Labute approximate surface area is 181 Å². The van der Waals surface area contributed by atoms with Gasteiger partial charge in [0.1, 0.15) is 11.4 Å². The molecule has 3 N–H and O–H groups in total. The van der Waals surface area contributed by atoms with Crippen molar-refractivity contribution in [3.63, 3.8) is 0 Å². The van der Waals surface area contributed by atoms with Crippen molar-refractivity contribution >= 4 is 27.3 Å². The molecule has 0 aliphatic heterocycles. The lowest BCUT2D eigenvalue weighted by molar-refractivity contribution is 0.275. The van der Waals surface area contributed by atoms with Crippen molar-refractivity contribution in [3.05, 3.63) is 70.9 Å². The third-order valence-corrected chi connectivity index (χ3v) is 6.31. The number of rotatable bonds is 5. The van der Waals surface area contributed by atoms with Crippen LogP contribution in [0.5, 0.6) is 5.75 Å². The van der Waals surface area contributed by atoms with Crippen molar-refractivity contribution in [1.82, 2.24) is 4.98 Å². The Morgan fingerprint density at radius 3 is 2.33 bits per heavy atom. The van der Waals surface area contributed by atoms with E-state index in [1.54, 1.807) is 30.3 Å². The summed E-state index contributed by atoms with van der Waals surface area (Å²) >= 11 is 6.11. The maximum Gasteiger partial charge on any atom is 0.261 e. The number of pyridine rings is 1. The summed E-state index contributed by atoms with van der Waals surface area (Å²) in [4.78, 5) is 4.25. The average molecular weight is 447 g/mol. The molecule has 2 aromatic carbocycles. The molecule has 0 spiro atoms. The molecular formula is C22H23ClN2O4S. The maximum absolute atomic E-state index is 13.0. The highest BCUT2D eigenvalue weighted by molar-refractivity contribution is 7.92. The van der Waals surface area contributed by atoms with Crippen LogP contribution in [0.3, 0.4) is 0 Å².